The molecule has 0 fully saturated rings. The van der Waals surface area contributed by atoms with Gasteiger partial charge in [-0.25, -0.2) is 0 Å². The third-order valence-electron chi connectivity index (χ3n) is 5.95. The van der Waals surface area contributed by atoms with Crippen molar-refractivity contribution in [3.8, 4) is 0 Å². The maximum atomic E-state index is 10.0. The Morgan fingerprint density at radius 3 is 0.684 bits per heavy atom. The van der Waals surface area contributed by atoms with Gasteiger partial charge in [0.2, 0.25) is 0 Å². The number of rotatable bonds is 24. The van der Waals surface area contributed by atoms with Gasteiger partial charge < -0.3 is 35.2 Å². The quantitative estimate of drug-likeness (QED) is 0.118. The van der Waals surface area contributed by atoms with Crippen molar-refractivity contribution in [1.29, 1.82) is 0 Å². The molecule has 0 heterocycles. The van der Waals surface area contributed by atoms with E-state index in [1.165, 1.54) is 96.3 Å². The Morgan fingerprint density at radius 2 is 0.526 bits per heavy atom. The summed E-state index contributed by atoms with van der Waals surface area (Å²) >= 11 is 0. The largest absolute Gasteiger partial charge is 3.00 e. The zero-order valence-electron chi connectivity index (χ0n) is 24.9. The van der Waals surface area contributed by atoms with Gasteiger partial charge in [0.05, 0.1) is 0 Å². The van der Waals surface area contributed by atoms with E-state index in [4.69, 9.17) is 0 Å². The second-order valence-corrected chi connectivity index (χ2v) is 9.73. The summed E-state index contributed by atoms with van der Waals surface area (Å²) in [6.45, 7) is 6.57. The van der Waals surface area contributed by atoms with E-state index in [0.717, 1.165) is 38.5 Å². The van der Waals surface area contributed by atoms with Gasteiger partial charge >= 0.3 is 21.7 Å². The van der Waals surface area contributed by atoms with Crippen molar-refractivity contribution < 1.29 is 56.9 Å². The van der Waals surface area contributed by atoms with E-state index < -0.39 is 17.9 Å². The minimum Gasteiger partial charge on any atom is -0.550 e. The van der Waals surface area contributed by atoms with Crippen LogP contribution >= 0.6 is 0 Å². The molecule has 225 valence electrons. The Hall–Kier alpha value is -0.916. The molecule has 0 saturated heterocycles. The summed E-state index contributed by atoms with van der Waals surface area (Å²) < 4.78 is 0. The monoisotopic (exact) mass is 579 g/mol. The minimum absolute atomic E-state index is 0. The SMILES string of the molecule is CCCCCCCCCC(=O)[O-].CCCCCCCCCC(=O)[O-].CCCCCCCCCC(=O)[O-].O.[Ti+3]. The Balaban J connectivity index is -0.000000140. The molecule has 7 nitrogen and oxygen atoms in total. The second kappa shape index (κ2) is 43.1. The van der Waals surface area contributed by atoms with Gasteiger partial charge in [0.15, 0.2) is 0 Å². The number of unbranched alkanes of at least 4 members (excludes halogenated alkanes) is 18. The fourth-order valence-electron chi connectivity index (χ4n) is 3.68. The molecular weight excluding hydrogens is 520 g/mol. The molecule has 0 aliphatic heterocycles. The standard InChI is InChI=1S/3C10H20O2.H2O.Ti/c3*1-2-3-4-5-6-7-8-9-10(11)12;;/h3*2-9H2,1H3,(H,11,12);1H2;/q;;;;+3/p-3. The van der Waals surface area contributed by atoms with Crippen molar-refractivity contribution in [1.82, 2.24) is 0 Å². The van der Waals surface area contributed by atoms with Gasteiger partial charge in [-0.3, -0.25) is 0 Å². The smallest absolute Gasteiger partial charge is 0.550 e. The molecule has 8 heteroatoms. The summed E-state index contributed by atoms with van der Waals surface area (Å²) in [4.78, 5) is 30.1. The van der Waals surface area contributed by atoms with Gasteiger partial charge in [0.1, 0.15) is 0 Å². The van der Waals surface area contributed by atoms with Gasteiger partial charge in [-0.15, -0.1) is 0 Å². The van der Waals surface area contributed by atoms with Crippen molar-refractivity contribution >= 4 is 17.9 Å². The molecule has 0 aliphatic carbocycles. The fraction of sp³-hybridized carbons (Fsp3) is 0.900. The molecule has 0 atom stereocenters. The Kier molecular flexibility index (Phi) is 53.3. The third kappa shape index (κ3) is 59.9. The van der Waals surface area contributed by atoms with Gasteiger partial charge in [-0.2, -0.15) is 0 Å². The Morgan fingerprint density at radius 1 is 0.368 bits per heavy atom. The second-order valence-electron chi connectivity index (χ2n) is 9.73. The summed E-state index contributed by atoms with van der Waals surface area (Å²) in [6, 6.07) is 0. The zero-order chi connectivity index (χ0) is 27.7. The normalized spacial score (nSPS) is 9.55. The maximum absolute atomic E-state index is 10.0. The van der Waals surface area contributed by atoms with Crippen LogP contribution in [-0.4, -0.2) is 23.4 Å². The first-order valence-corrected chi connectivity index (χ1v) is 14.9. The summed E-state index contributed by atoms with van der Waals surface area (Å²) in [5.74, 6) is -2.74. The van der Waals surface area contributed by atoms with Crippen LogP contribution in [0.15, 0.2) is 0 Å². The number of carbonyl (C=O) groups is 3. The van der Waals surface area contributed by atoms with Gasteiger partial charge in [-0.1, -0.05) is 136 Å². The van der Waals surface area contributed by atoms with Crippen LogP contribution < -0.4 is 15.3 Å². The molecule has 38 heavy (non-hydrogen) atoms. The average Bonchev–Trinajstić information content (AvgIpc) is 2.83. The summed E-state index contributed by atoms with van der Waals surface area (Å²) in [7, 11) is 0. The van der Waals surface area contributed by atoms with Crippen LogP contribution in [0.3, 0.4) is 0 Å². The first-order valence-electron chi connectivity index (χ1n) is 14.9. The van der Waals surface area contributed by atoms with Crippen LogP contribution in [0.5, 0.6) is 0 Å². The number of hydrogen-bond donors (Lipinski definition) is 0. The maximum Gasteiger partial charge on any atom is 3.00 e. The predicted octanol–water partition coefficient (Wildman–Crippen LogP) is 4.80. The van der Waals surface area contributed by atoms with Gasteiger partial charge in [0, 0.05) is 17.9 Å². The average molecular weight is 580 g/mol. The van der Waals surface area contributed by atoms with Crippen molar-refractivity contribution in [2.75, 3.05) is 0 Å². The van der Waals surface area contributed by atoms with Crippen LogP contribution in [0.1, 0.15) is 175 Å². The van der Waals surface area contributed by atoms with Gasteiger partial charge in [0.25, 0.3) is 0 Å². The van der Waals surface area contributed by atoms with Crippen LogP contribution in [0.4, 0.5) is 0 Å². The van der Waals surface area contributed by atoms with Crippen molar-refractivity contribution in [2.24, 2.45) is 0 Å². The first kappa shape index (κ1) is 46.9. The third-order valence-corrected chi connectivity index (χ3v) is 5.95. The molecule has 0 aromatic rings. The number of carboxylic acid groups (broad SMARTS) is 3. The van der Waals surface area contributed by atoms with E-state index in [9.17, 15) is 29.7 Å². The molecule has 0 saturated carbocycles. The molecule has 0 aromatic carbocycles. The minimum atomic E-state index is -0.913. The number of carbonyl (C=O) groups excluding carboxylic acids is 3. The van der Waals surface area contributed by atoms with E-state index in [2.05, 4.69) is 20.8 Å². The van der Waals surface area contributed by atoms with Crippen molar-refractivity contribution in [3.63, 3.8) is 0 Å². The number of aliphatic carboxylic acids is 3. The fourth-order valence-corrected chi connectivity index (χ4v) is 3.68. The predicted molar refractivity (Wildman–Crippen MR) is 146 cm³/mol. The van der Waals surface area contributed by atoms with Crippen LogP contribution in [-0.2, 0) is 36.1 Å². The summed E-state index contributed by atoms with van der Waals surface area (Å²) in [5.41, 5.74) is 0. The van der Waals surface area contributed by atoms with E-state index in [1.807, 2.05) is 0 Å². The van der Waals surface area contributed by atoms with E-state index in [0.29, 0.717) is 0 Å². The molecule has 0 unspecified atom stereocenters. The number of hydrogen-bond acceptors (Lipinski definition) is 6. The molecule has 0 aromatic heterocycles. The van der Waals surface area contributed by atoms with Crippen LogP contribution in [0.25, 0.3) is 0 Å². The zero-order valence-corrected chi connectivity index (χ0v) is 26.5. The molecule has 1 radical (unpaired) electrons. The van der Waals surface area contributed by atoms with Gasteiger partial charge in [-0.05, 0) is 38.5 Å². The van der Waals surface area contributed by atoms with E-state index >= 15 is 0 Å². The summed E-state index contributed by atoms with van der Waals surface area (Å²) in [5, 5.41) is 30.1. The van der Waals surface area contributed by atoms with Crippen molar-refractivity contribution in [3.05, 3.63) is 0 Å². The molecule has 0 aliphatic rings. The number of carboxylic acids is 3. The summed E-state index contributed by atoms with van der Waals surface area (Å²) in [6.07, 6.45) is 25.0. The molecule has 0 bridgehead atoms. The first-order chi connectivity index (χ1) is 17.3. The topological polar surface area (TPSA) is 152 Å². The molecule has 0 amide bonds. The Labute approximate surface area is 249 Å². The van der Waals surface area contributed by atoms with Crippen molar-refractivity contribution in [2.45, 2.75) is 175 Å². The van der Waals surface area contributed by atoms with Crippen LogP contribution in [0, 0.1) is 0 Å². The molecule has 2 N–H and O–H groups in total. The molecule has 0 rings (SSSR count). The molecule has 0 spiro atoms. The van der Waals surface area contributed by atoms with E-state index in [-0.39, 0.29) is 46.5 Å². The van der Waals surface area contributed by atoms with E-state index in [1.54, 1.807) is 0 Å². The molecular formula is C30H59O7Ti. The Bertz CT molecular complexity index is 407. The van der Waals surface area contributed by atoms with Crippen LogP contribution in [0.2, 0.25) is 0 Å².